The van der Waals surface area contributed by atoms with E-state index in [1.54, 1.807) is 0 Å². The Morgan fingerprint density at radius 1 is 1.50 bits per heavy atom. The van der Waals surface area contributed by atoms with E-state index >= 15 is 0 Å². The number of carbonyl (C=O) groups is 1. The van der Waals surface area contributed by atoms with E-state index in [0.717, 1.165) is 6.42 Å². The molecule has 0 heterocycles. The third-order valence-corrected chi connectivity index (χ3v) is 1.65. The number of hydrogen-bond acceptors (Lipinski definition) is 2. The SMILES string of the molecule is CCC(CC#N)NC(=O)NC(C)(C)C. The zero-order valence-corrected chi connectivity index (χ0v) is 9.35. The van der Waals surface area contributed by atoms with Crippen molar-refractivity contribution in [2.75, 3.05) is 0 Å². The fourth-order valence-electron chi connectivity index (χ4n) is 0.970. The maximum atomic E-state index is 11.4. The number of nitrogens with one attached hydrogen (secondary N) is 2. The number of nitriles is 1. The van der Waals surface area contributed by atoms with Gasteiger partial charge in [-0.25, -0.2) is 4.79 Å². The second kappa shape index (κ2) is 5.48. The van der Waals surface area contributed by atoms with E-state index in [1.165, 1.54) is 0 Å². The van der Waals surface area contributed by atoms with Crippen LogP contribution in [0.2, 0.25) is 0 Å². The van der Waals surface area contributed by atoms with Crippen molar-refractivity contribution in [1.29, 1.82) is 5.26 Å². The second-order valence-electron chi connectivity index (χ2n) is 4.32. The van der Waals surface area contributed by atoms with Crippen molar-refractivity contribution in [2.45, 2.75) is 52.1 Å². The minimum Gasteiger partial charge on any atom is -0.334 e. The zero-order chi connectivity index (χ0) is 11.2. The summed E-state index contributed by atoms with van der Waals surface area (Å²) in [6.07, 6.45) is 1.12. The second-order valence-corrected chi connectivity index (χ2v) is 4.32. The highest BCUT2D eigenvalue weighted by Gasteiger charge is 2.15. The van der Waals surface area contributed by atoms with Crippen molar-refractivity contribution < 1.29 is 4.79 Å². The Kier molecular flexibility index (Phi) is 5.00. The lowest BCUT2D eigenvalue weighted by atomic mass is 10.1. The van der Waals surface area contributed by atoms with E-state index in [9.17, 15) is 4.79 Å². The minimum atomic E-state index is -0.241. The molecule has 4 heteroatoms. The van der Waals surface area contributed by atoms with Crippen LogP contribution in [0.15, 0.2) is 0 Å². The van der Waals surface area contributed by atoms with Gasteiger partial charge in [0, 0.05) is 11.6 Å². The molecule has 0 spiro atoms. The van der Waals surface area contributed by atoms with E-state index in [1.807, 2.05) is 33.8 Å². The zero-order valence-electron chi connectivity index (χ0n) is 9.35. The van der Waals surface area contributed by atoms with Crippen LogP contribution in [0.1, 0.15) is 40.5 Å². The summed E-state index contributed by atoms with van der Waals surface area (Å²) in [5.41, 5.74) is -0.241. The van der Waals surface area contributed by atoms with Gasteiger partial charge in [-0.1, -0.05) is 6.92 Å². The van der Waals surface area contributed by atoms with Crippen LogP contribution in [-0.2, 0) is 0 Å². The molecule has 14 heavy (non-hydrogen) atoms. The summed E-state index contributed by atoms with van der Waals surface area (Å²) in [5.74, 6) is 0. The van der Waals surface area contributed by atoms with E-state index in [4.69, 9.17) is 5.26 Å². The summed E-state index contributed by atoms with van der Waals surface area (Å²) < 4.78 is 0. The Morgan fingerprint density at radius 3 is 2.43 bits per heavy atom. The van der Waals surface area contributed by atoms with Gasteiger partial charge in [-0.3, -0.25) is 0 Å². The van der Waals surface area contributed by atoms with Gasteiger partial charge < -0.3 is 10.6 Å². The van der Waals surface area contributed by atoms with Gasteiger partial charge in [0.15, 0.2) is 0 Å². The molecule has 1 unspecified atom stereocenters. The van der Waals surface area contributed by atoms with Crippen LogP contribution in [0, 0.1) is 11.3 Å². The molecule has 0 aliphatic heterocycles. The molecular formula is C10H19N3O. The molecule has 4 nitrogen and oxygen atoms in total. The molecule has 0 aromatic rings. The monoisotopic (exact) mass is 197 g/mol. The molecule has 1 atom stereocenters. The fraction of sp³-hybridized carbons (Fsp3) is 0.800. The molecule has 0 bridgehead atoms. The Labute approximate surface area is 85.7 Å². The van der Waals surface area contributed by atoms with Crippen molar-refractivity contribution in [2.24, 2.45) is 0 Å². The molecule has 0 rings (SSSR count). The lowest BCUT2D eigenvalue weighted by Gasteiger charge is -2.23. The number of urea groups is 1. The van der Waals surface area contributed by atoms with Gasteiger partial charge in [-0.2, -0.15) is 5.26 Å². The quantitative estimate of drug-likeness (QED) is 0.724. The van der Waals surface area contributed by atoms with E-state index in [2.05, 4.69) is 10.6 Å². The van der Waals surface area contributed by atoms with Gasteiger partial charge in [0.25, 0.3) is 0 Å². The van der Waals surface area contributed by atoms with Gasteiger partial charge in [-0.15, -0.1) is 0 Å². The summed E-state index contributed by atoms with van der Waals surface area (Å²) in [5, 5.41) is 14.0. The summed E-state index contributed by atoms with van der Waals surface area (Å²) in [4.78, 5) is 11.4. The fourth-order valence-corrected chi connectivity index (χ4v) is 0.970. The first-order valence-corrected chi connectivity index (χ1v) is 4.84. The van der Waals surface area contributed by atoms with Gasteiger partial charge in [0.1, 0.15) is 0 Å². The highest BCUT2D eigenvalue weighted by molar-refractivity contribution is 5.74. The lowest BCUT2D eigenvalue weighted by Crippen LogP contribution is -2.49. The Morgan fingerprint density at radius 2 is 2.07 bits per heavy atom. The Balaban J connectivity index is 3.98. The minimum absolute atomic E-state index is 0.0534. The molecule has 0 aromatic heterocycles. The summed E-state index contributed by atoms with van der Waals surface area (Å²) >= 11 is 0. The van der Waals surface area contributed by atoms with E-state index < -0.39 is 0 Å². The maximum absolute atomic E-state index is 11.4. The highest BCUT2D eigenvalue weighted by Crippen LogP contribution is 2.00. The summed E-state index contributed by atoms with van der Waals surface area (Å²) in [6.45, 7) is 7.69. The molecule has 0 fully saturated rings. The molecule has 80 valence electrons. The van der Waals surface area contributed by atoms with Crippen LogP contribution < -0.4 is 10.6 Å². The number of hydrogen-bond donors (Lipinski definition) is 2. The topological polar surface area (TPSA) is 64.9 Å². The van der Waals surface area contributed by atoms with Crippen LogP contribution in [0.5, 0.6) is 0 Å². The van der Waals surface area contributed by atoms with Crippen molar-refractivity contribution in [1.82, 2.24) is 10.6 Å². The molecule has 2 amide bonds. The smallest absolute Gasteiger partial charge is 0.315 e. The standard InChI is InChI=1S/C10H19N3O/c1-5-8(6-7-11)12-9(14)13-10(2,3)4/h8H,5-6H2,1-4H3,(H2,12,13,14). The number of amides is 2. The maximum Gasteiger partial charge on any atom is 0.315 e. The third kappa shape index (κ3) is 6.30. The molecular weight excluding hydrogens is 178 g/mol. The van der Waals surface area contributed by atoms with Crippen LogP contribution in [-0.4, -0.2) is 17.6 Å². The summed E-state index contributed by atoms with van der Waals surface area (Å²) in [7, 11) is 0. The number of carbonyl (C=O) groups excluding carboxylic acids is 1. The van der Waals surface area contributed by atoms with Crippen molar-refractivity contribution >= 4 is 6.03 Å². The predicted octanol–water partition coefficient (Wildman–Crippen LogP) is 1.78. The van der Waals surface area contributed by atoms with Crippen LogP contribution in [0.4, 0.5) is 4.79 Å². The van der Waals surface area contributed by atoms with Crippen LogP contribution in [0.3, 0.4) is 0 Å². The summed E-state index contributed by atoms with van der Waals surface area (Å²) in [6, 6.07) is 1.78. The molecule has 0 saturated heterocycles. The Bertz CT molecular complexity index is 225. The van der Waals surface area contributed by atoms with E-state index in [0.29, 0.717) is 6.42 Å². The average Bonchev–Trinajstić information content (AvgIpc) is 2.00. The number of nitrogens with zero attached hydrogens (tertiary/aromatic N) is 1. The van der Waals surface area contributed by atoms with Crippen LogP contribution >= 0.6 is 0 Å². The molecule has 2 N–H and O–H groups in total. The van der Waals surface area contributed by atoms with Crippen molar-refractivity contribution in [3.63, 3.8) is 0 Å². The third-order valence-electron chi connectivity index (χ3n) is 1.65. The Hall–Kier alpha value is -1.24. The first kappa shape index (κ1) is 12.8. The van der Waals surface area contributed by atoms with Gasteiger partial charge >= 0.3 is 6.03 Å². The number of rotatable bonds is 3. The van der Waals surface area contributed by atoms with Gasteiger partial charge in [0.05, 0.1) is 12.5 Å². The molecule has 0 radical (unpaired) electrons. The highest BCUT2D eigenvalue weighted by atomic mass is 16.2. The van der Waals surface area contributed by atoms with E-state index in [-0.39, 0.29) is 17.6 Å². The first-order valence-electron chi connectivity index (χ1n) is 4.84. The van der Waals surface area contributed by atoms with Crippen LogP contribution in [0.25, 0.3) is 0 Å². The van der Waals surface area contributed by atoms with Gasteiger partial charge in [-0.05, 0) is 27.2 Å². The normalized spacial score (nSPS) is 12.8. The largest absolute Gasteiger partial charge is 0.334 e. The van der Waals surface area contributed by atoms with Crippen molar-refractivity contribution in [3.05, 3.63) is 0 Å². The average molecular weight is 197 g/mol. The molecule has 0 aliphatic rings. The van der Waals surface area contributed by atoms with Gasteiger partial charge in [0.2, 0.25) is 0 Å². The predicted molar refractivity (Wildman–Crippen MR) is 55.7 cm³/mol. The van der Waals surface area contributed by atoms with Crippen molar-refractivity contribution in [3.8, 4) is 6.07 Å². The molecule has 0 aliphatic carbocycles. The molecule has 0 saturated carbocycles. The lowest BCUT2D eigenvalue weighted by molar-refractivity contribution is 0.228. The molecule has 0 aromatic carbocycles. The first-order chi connectivity index (χ1) is 6.39.